The molecule has 0 aliphatic heterocycles. The van der Waals surface area contributed by atoms with Crippen LogP contribution in [0.2, 0.25) is 0 Å². The Morgan fingerprint density at radius 2 is 1.81 bits per heavy atom. The molecule has 170 valence electrons. The molecule has 0 aromatic heterocycles. The van der Waals surface area contributed by atoms with Crippen LogP contribution < -0.4 is 19.5 Å². The maximum Gasteiger partial charge on any atom is 0.337 e. The smallest absolute Gasteiger partial charge is 0.337 e. The summed E-state index contributed by atoms with van der Waals surface area (Å²) in [5, 5.41) is 12.7. The van der Waals surface area contributed by atoms with Crippen LogP contribution in [0.25, 0.3) is 0 Å². The van der Waals surface area contributed by atoms with Crippen molar-refractivity contribution in [1.82, 2.24) is 4.72 Å². The zero-order valence-corrected chi connectivity index (χ0v) is 19.1. The van der Waals surface area contributed by atoms with Crippen molar-refractivity contribution in [2.24, 2.45) is 0 Å². The molecule has 0 spiro atoms. The Hall–Kier alpha value is -2.78. The lowest BCUT2D eigenvalue weighted by Gasteiger charge is -2.15. The van der Waals surface area contributed by atoms with Crippen molar-refractivity contribution in [3.8, 4) is 11.5 Å². The van der Waals surface area contributed by atoms with Gasteiger partial charge in [0, 0.05) is 18.3 Å². The molecule has 0 aliphatic carbocycles. The van der Waals surface area contributed by atoms with E-state index in [0.717, 1.165) is 12.0 Å². The molecule has 2 rings (SSSR count). The van der Waals surface area contributed by atoms with Crippen molar-refractivity contribution in [2.45, 2.75) is 44.0 Å². The Morgan fingerprint density at radius 3 is 2.42 bits per heavy atom. The molecule has 0 fully saturated rings. The van der Waals surface area contributed by atoms with Crippen molar-refractivity contribution >= 4 is 21.7 Å². The van der Waals surface area contributed by atoms with E-state index < -0.39 is 16.0 Å². The van der Waals surface area contributed by atoms with Crippen molar-refractivity contribution < 1.29 is 27.8 Å². The number of carboxylic acid groups (broad SMARTS) is 1. The molecule has 8 nitrogen and oxygen atoms in total. The third kappa shape index (κ3) is 6.60. The minimum Gasteiger partial charge on any atom is -0.493 e. The van der Waals surface area contributed by atoms with Gasteiger partial charge in [-0.05, 0) is 55.7 Å². The van der Waals surface area contributed by atoms with Gasteiger partial charge in [0.15, 0.2) is 11.5 Å². The van der Waals surface area contributed by atoms with E-state index in [4.69, 9.17) is 9.47 Å². The maximum atomic E-state index is 12.6. The molecule has 0 heterocycles. The van der Waals surface area contributed by atoms with E-state index in [2.05, 4.69) is 10.0 Å². The number of anilines is 1. The first kappa shape index (κ1) is 24.5. The molecule has 2 aromatic carbocycles. The predicted octanol–water partition coefficient (Wildman–Crippen LogP) is 3.52. The number of nitrogens with one attached hydrogen (secondary N) is 2. The summed E-state index contributed by atoms with van der Waals surface area (Å²) in [6.07, 6.45) is 2.14. The lowest BCUT2D eigenvalue weighted by Crippen LogP contribution is -2.32. The van der Waals surface area contributed by atoms with Gasteiger partial charge < -0.3 is 19.9 Å². The standard InChI is InChI=1S/C22H30N2O6S/c1-5-6-15(2)24-31(27,28)17-8-9-19(18(14-17)22(25)26)23-12-11-16-7-10-20(29-3)21(13-16)30-4/h7-10,13-15,23-24H,5-6,11-12H2,1-4H3,(H,25,26)/t15-/m1/s1. The lowest BCUT2D eigenvalue weighted by molar-refractivity contribution is 0.0697. The quantitative estimate of drug-likeness (QED) is 0.453. The van der Waals surface area contributed by atoms with Gasteiger partial charge in [-0.3, -0.25) is 0 Å². The number of carbonyl (C=O) groups is 1. The summed E-state index contributed by atoms with van der Waals surface area (Å²) in [6.45, 7) is 4.20. The molecular formula is C22H30N2O6S. The van der Waals surface area contributed by atoms with Gasteiger partial charge >= 0.3 is 5.97 Å². The minimum absolute atomic E-state index is 0.0710. The van der Waals surface area contributed by atoms with E-state index in [9.17, 15) is 18.3 Å². The highest BCUT2D eigenvalue weighted by atomic mass is 32.2. The first-order chi connectivity index (χ1) is 14.7. The second kappa shape index (κ2) is 11.0. The van der Waals surface area contributed by atoms with Crippen LogP contribution >= 0.6 is 0 Å². The fourth-order valence-corrected chi connectivity index (χ4v) is 4.53. The average molecular weight is 451 g/mol. The van der Waals surface area contributed by atoms with E-state index in [1.165, 1.54) is 18.2 Å². The highest BCUT2D eigenvalue weighted by Gasteiger charge is 2.20. The van der Waals surface area contributed by atoms with Crippen LogP contribution in [-0.2, 0) is 16.4 Å². The lowest BCUT2D eigenvalue weighted by atomic mass is 10.1. The number of aromatic carboxylic acids is 1. The van der Waals surface area contributed by atoms with Crippen LogP contribution in [0.3, 0.4) is 0 Å². The van der Waals surface area contributed by atoms with Crippen LogP contribution in [0, 0.1) is 0 Å². The number of methoxy groups -OCH3 is 2. The van der Waals surface area contributed by atoms with Crippen LogP contribution in [0.1, 0.15) is 42.6 Å². The maximum absolute atomic E-state index is 12.6. The monoisotopic (exact) mass is 450 g/mol. The minimum atomic E-state index is -3.80. The third-order valence-electron chi connectivity index (χ3n) is 4.79. The van der Waals surface area contributed by atoms with Crippen LogP contribution in [0.15, 0.2) is 41.3 Å². The molecule has 2 aromatic rings. The van der Waals surface area contributed by atoms with Gasteiger partial charge in [-0.15, -0.1) is 0 Å². The largest absolute Gasteiger partial charge is 0.493 e. The first-order valence-corrected chi connectivity index (χ1v) is 11.5. The summed E-state index contributed by atoms with van der Waals surface area (Å²) in [4.78, 5) is 11.7. The predicted molar refractivity (Wildman–Crippen MR) is 120 cm³/mol. The van der Waals surface area contributed by atoms with Gasteiger partial charge in [-0.1, -0.05) is 19.4 Å². The van der Waals surface area contributed by atoms with Crippen molar-refractivity contribution in [3.05, 3.63) is 47.5 Å². The van der Waals surface area contributed by atoms with Gasteiger partial charge in [-0.25, -0.2) is 17.9 Å². The number of ether oxygens (including phenoxy) is 2. The SMILES string of the molecule is CCC[C@@H](C)NS(=O)(=O)c1ccc(NCCc2ccc(OC)c(OC)c2)c(C(=O)O)c1. The van der Waals surface area contributed by atoms with E-state index in [-0.39, 0.29) is 16.5 Å². The van der Waals surface area contributed by atoms with Crippen LogP contribution in [0.5, 0.6) is 11.5 Å². The molecule has 9 heteroatoms. The molecule has 3 N–H and O–H groups in total. The highest BCUT2D eigenvalue weighted by molar-refractivity contribution is 7.89. The second-order valence-electron chi connectivity index (χ2n) is 7.19. The summed E-state index contributed by atoms with van der Waals surface area (Å²) < 4.78 is 38.2. The third-order valence-corrected chi connectivity index (χ3v) is 6.37. The summed E-state index contributed by atoms with van der Waals surface area (Å²) in [5.74, 6) is 0.0453. The molecule has 0 saturated carbocycles. The summed E-state index contributed by atoms with van der Waals surface area (Å²) in [6, 6.07) is 9.41. The topological polar surface area (TPSA) is 114 Å². The molecule has 1 atom stereocenters. The van der Waals surface area contributed by atoms with Gasteiger partial charge in [0.25, 0.3) is 0 Å². The Labute approximate surface area is 183 Å². The molecule has 0 aliphatic rings. The van der Waals surface area contributed by atoms with Gasteiger partial charge in [-0.2, -0.15) is 0 Å². The van der Waals surface area contributed by atoms with Gasteiger partial charge in [0.2, 0.25) is 10.0 Å². The molecule has 0 unspecified atom stereocenters. The average Bonchev–Trinajstić information content (AvgIpc) is 2.73. The second-order valence-corrected chi connectivity index (χ2v) is 8.90. The zero-order chi connectivity index (χ0) is 23.0. The Kier molecular flexibility index (Phi) is 8.70. The van der Waals surface area contributed by atoms with E-state index >= 15 is 0 Å². The summed E-state index contributed by atoms with van der Waals surface area (Å²) >= 11 is 0. The van der Waals surface area contributed by atoms with Crippen molar-refractivity contribution in [3.63, 3.8) is 0 Å². The highest BCUT2D eigenvalue weighted by Crippen LogP contribution is 2.28. The van der Waals surface area contributed by atoms with E-state index in [1.54, 1.807) is 21.1 Å². The zero-order valence-electron chi connectivity index (χ0n) is 18.3. The Balaban J connectivity index is 2.14. The number of carboxylic acids is 1. The Morgan fingerprint density at radius 1 is 1.10 bits per heavy atom. The molecule has 0 radical (unpaired) electrons. The molecule has 0 amide bonds. The molecule has 31 heavy (non-hydrogen) atoms. The Bertz CT molecular complexity index is 1010. The number of rotatable bonds is 12. The fourth-order valence-electron chi connectivity index (χ4n) is 3.22. The normalized spacial score (nSPS) is 12.3. The van der Waals surface area contributed by atoms with Gasteiger partial charge in [0.05, 0.1) is 24.7 Å². The number of sulfonamides is 1. The molecular weight excluding hydrogens is 420 g/mol. The molecule has 0 saturated heterocycles. The first-order valence-electron chi connectivity index (χ1n) is 10.1. The molecule has 0 bridgehead atoms. The van der Waals surface area contributed by atoms with Crippen molar-refractivity contribution in [2.75, 3.05) is 26.1 Å². The number of hydrogen-bond donors (Lipinski definition) is 3. The van der Waals surface area contributed by atoms with Crippen molar-refractivity contribution in [1.29, 1.82) is 0 Å². The summed E-state index contributed by atoms with van der Waals surface area (Å²) in [7, 11) is -0.671. The van der Waals surface area contributed by atoms with Crippen LogP contribution in [-0.4, -0.2) is 46.3 Å². The number of hydrogen-bond acceptors (Lipinski definition) is 6. The van der Waals surface area contributed by atoms with E-state index in [1.807, 2.05) is 25.1 Å². The van der Waals surface area contributed by atoms with Crippen LogP contribution in [0.4, 0.5) is 5.69 Å². The van der Waals surface area contributed by atoms with Gasteiger partial charge in [0.1, 0.15) is 0 Å². The summed E-state index contributed by atoms with van der Waals surface area (Å²) in [5.41, 5.74) is 1.24. The fraction of sp³-hybridized carbons (Fsp3) is 0.409. The van der Waals surface area contributed by atoms with E-state index in [0.29, 0.717) is 36.6 Å². The number of benzene rings is 2.